The van der Waals surface area contributed by atoms with Crippen LogP contribution in [-0.2, 0) is 16.4 Å². The average Bonchev–Trinajstić information content (AvgIpc) is 3.49. The maximum atomic E-state index is 13.5. The molecule has 4 aromatic rings. The maximum absolute atomic E-state index is 13.5. The monoisotopic (exact) mass is 464 g/mol. The molecule has 1 amide bonds. The van der Waals surface area contributed by atoms with Crippen molar-refractivity contribution in [1.82, 2.24) is 24.5 Å². The molecule has 1 aliphatic rings. The number of sulfone groups is 1. The predicted molar refractivity (Wildman–Crippen MR) is 126 cm³/mol. The lowest BCUT2D eigenvalue weighted by Crippen LogP contribution is -2.20. The van der Waals surface area contributed by atoms with Crippen molar-refractivity contribution in [1.29, 1.82) is 0 Å². The van der Waals surface area contributed by atoms with Crippen LogP contribution in [0.2, 0.25) is 0 Å². The molecule has 10 heteroatoms. The molecular weight excluding hydrogens is 440 g/mol. The Morgan fingerprint density at radius 1 is 1.21 bits per heavy atom. The molecule has 170 valence electrons. The first-order chi connectivity index (χ1) is 15.8. The van der Waals surface area contributed by atoms with Crippen LogP contribution >= 0.6 is 0 Å². The number of hydrogen-bond acceptors (Lipinski definition) is 6. The van der Waals surface area contributed by atoms with Crippen molar-refractivity contribution < 1.29 is 13.2 Å². The Labute approximate surface area is 191 Å². The molecular formula is C23H24N6O3S. The van der Waals surface area contributed by atoms with Gasteiger partial charge in [-0.25, -0.2) is 22.8 Å². The molecule has 1 saturated heterocycles. The summed E-state index contributed by atoms with van der Waals surface area (Å²) in [5.41, 5.74) is 3.36. The number of amides is 1. The molecule has 0 saturated carbocycles. The summed E-state index contributed by atoms with van der Waals surface area (Å²) in [5.74, 6) is 0.315. The Hall–Kier alpha value is -3.53. The number of aryl methyl sites for hydroxylation is 2. The second-order valence-electron chi connectivity index (χ2n) is 8.25. The van der Waals surface area contributed by atoms with E-state index in [1.807, 2.05) is 44.2 Å². The fourth-order valence-electron chi connectivity index (χ4n) is 4.26. The zero-order valence-corrected chi connectivity index (χ0v) is 19.2. The van der Waals surface area contributed by atoms with E-state index in [9.17, 15) is 13.2 Å². The number of pyridine rings is 1. The maximum Gasteiger partial charge on any atom is 0.257 e. The molecule has 4 heterocycles. The summed E-state index contributed by atoms with van der Waals surface area (Å²) < 4.78 is 27.4. The molecule has 1 aliphatic heterocycles. The van der Waals surface area contributed by atoms with E-state index < -0.39 is 9.84 Å². The van der Waals surface area contributed by atoms with E-state index in [1.165, 1.54) is 0 Å². The summed E-state index contributed by atoms with van der Waals surface area (Å²) >= 11 is 0. The summed E-state index contributed by atoms with van der Waals surface area (Å²) in [6, 6.07) is 12.9. The van der Waals surface area contributed by atoms with Gasteiger partial charge in [0.15, 0.2) is 15.5 Å². The number of carbonyl (C=O) groups is 1. The smallest absolute Gasteiger partial charge is 0.257 e. The van der Waals surface area contributed by atoms with Crippen LogP contribution in [0.5, 0.6) is 0 Å². The molecule has 1 aromatic carbocycles. The van der Waals surface area contributed by atoms with E-state index >= 15 is 0 Å². The van der Waals surface area contributed by atoms with Gasteiger partial charge in [-0.15, -0.1) is 0 Å². The lowest BCUT2D eigenvalue weighted by molar-refractivity contribution is 0.102. The summed E-state index contributed by atoms with van der Waals surface area (Å²) in [6.07, 6.45) is 2.13. The van der Waals surface area contributed by atoms with Gasteiger partial charge < -0.3 is 5.32 Å². The molecule has 1 fully saturated rings. The number of benzene rings is 1. The number of anilines is 1. The Bertz CT molecular complexity index is 1460. The second kappa shape index (κ2) is 8.11. The van der Waals surface area contributed by atoms with Gasteiger partial charge in [-0.05, 0) is 26.3 Å². The molecule has 1 N–H and O–H groups in total. The third kappa shape index (κ3) is 4.02. The SMILES string of the molecule is CCn1ncc2c(C(=O)Nc3cc(C)nn3C3CCS(=O)(=O)C3)cc(-c3ccccc3)nc21. The number of hydrogen-bond donors (Lipinski definition) is 1. The van der Waals surface area contributed by atoms with Crippen LogP contribution in [0, 0.1) is 6.92 Å². The first kappa shape index (κ1) is 21.3. The van der Waals surface area contributed by atoms with Crippen LogP contribution in [-0.4, -0.2) is 50.4 Å². The van der Waals surface area contributed by atoms with E-state index in [-0.39, 0.29) is 23.5 Å². The van der Waals surface area contributed by atoms with Gasteiger partial charge in [-0.1, -0.05) is 30.3 Å². The number of aromatic nitrogens is 5. The van der Waals surface area contributed by atoms with Crippen molar-refractivity contribution in [3.05, 3.63) is 59.9 Å². The van der Waals surface area contributed by atoms with Crippen LogP contribution in [0.25, 0.3) is 22.3 Å². The highest BCUT2D eigenvalue weighted by Gasteiger charge is 2.31. The molecule has 33 heavy (non-hydrogen) atoms. The van der Waals surface area contributed by atoms with Crippen molar-refractivity contribution in [2.45, 2.75) is 32.9 Å². The van der Waals surface area contributed by atoms with E-state index in [0.717, 1.165) is 5.56 Å². The summed E-state index contributed by atoms with van der Waals surface area (Å²) in [4.78, 5) is 18.2. The van der Waals surface area contributed by atoms with Gasteiger partial charge in [0.2, 0.25) is 0 Å². The van der Waals surface area contributed by atoms with E-state index in [4.69, 9.17) is 4.98 Å². The fraction of sp³-hybridized carbons (Fsp3) is 0.304. The van der Waals surface area contributed by atoms with Crippen molar-refractivity contribution >= 4 is 32.6 Å². The highest BCUT2D eigenvalue weighted by molar-refractivity contribution is 7.91. The van der Waals surface area contributed by atoms with Crippen LogP contribution in [0.4, 0.5) is 5.82 Å². The number of nitrogens with one attached hydrogen (secondary N) is 1. The lowest BCUT2D eigenvalue weighted by Gasteiger charge is -2.14. The van der Waals surface area contributed by atoms with Gasteiger partial charge in [0, 0.05) is 18.2 Å². The minimum atomic E-state index is -3.09. The molecule has 0 spiro atoms. The van der Waals surface area contributed by atoms with Crippen molar-refractivity contribution in [3.8, 4) is 11.3 Å². The van der Waals surface area contributed by atoms with Gasteiger partial charge >= 0.3 is 0 Å². The Morgan fingerprint density at radius 3 is 2.70 bits per heavy atom. The number of rotatable bonds is 5. The van der Waals surface area contributed by atoms with E-state index in [0.29, 0.717) is 46.8 Å². The third-order valence-electron chi connectivity index (χ3n) is 5.88. The van der Waals surface area contributed by atoms with Crippen molar-refractivity contribution in [2.24, 2.45) is 0 Å². The van der Waals surface area contributed by atoms with E-state index in [1.54, 1.807) is 27.7 Å². The second-order valence-corrected chi connectivity index (χ2v) is 10.5. The highest BCUT2D eigenvalue weighted by Crippen LogP contribution is 2.29. The Balaban J connectivity index is 1.55. The number of nitrogens with zero attached hydrogens (tertiary/aromatic N) is 5. The first-order valence-electron chi connectivity index (χ1n) is 10.8. The van der Waals surface area contributed by atoms with Crippen LogP contribution in [0.15, 0.2) is 48.7 Å². The zero-order valence-electron chi connectivity index (χ0n) is 18.4. The van der Waals surface area contributed by atoms with Gasteiger partial charge in [-0.2, -0.15) is 10.2 Å². The molecule has 5 rings (SSSR count). The third-order valence-corrected chi connectivity index (χ3v) is 7.63. The van der Waals surface area contributed by atoms with Crippen LogP contribution in [0.3, 0.4) is 0 Å². The summed E-state index contributed by atoms with van der Waals surface area (Å²) in [5, 5.41) is 12.5. The Kier molecular flexibility index (Phi) is 5.24. The molecule has 0 aliphatic carbocycles. The average molecular weight is 465 g/mol. The minimum Gasteiger partial charge on any atom is -0.307 e. The summed E-state index contributed by atoms with van der Waals surface area (Å²) in [6.45, 7) is 4.41. The van der Waals surface area contributed by atoms with Crippen LogP contribution < -0.4 is 5.32 Å². The molecule has 0 bridgehead atoms. The topological polar surface area (TPSA) is 112 Å². The molecule has 3 aromatic heterocycles. The fourth-order valence-corrected chi connectivity index (χ4v) is 5.96. The molecule has 9 nitrogen and oxygen atoms in total. The molecule has 0 radical (unpaired) electrons. The quantitative estimate of drug-likeness (QED) is 0.485. The summed E-state index contributed by atoms with van der Waals surface area (Å²) in [7, 11) is -3.09. The van der Waals surface area contributed by atoms with Gasteiger partial charge in [-0.3, -0.25) is 4.79 Å². The largest absolute Gasteiger partial charge is 0.307 e. The predicted octanol–water partition coefficient (Wildman–Crippen LogP) is 3.24. The van der Waals surface area contributed by atoms with Gasteiger partial charge in [0.05, 0.1) is 46.1 Å². The number of carbonyl (C=O) groups excluding carboxylic acids is 1. The minimum absolute atomic E-state index is 0.0257. The molecule has 1 unspecified atom stereocenters. The normalized spacial score (nSPS) is 17.5. The highest BCUT2D eigenvalue weighted by atomic mass is 32.2. The van der Waals surface area contributed by atoms with Crippen molar-refractivity contribution in [3.63, 3.8) is 0 Å². The standard InChI is InChI=1S/C23H24N6O3S/c1-3-28-22-19(13-24-28)18(12-20(25-22)16-7-5-4-6-8-16)23(30)26-21-11-15(2)27-29(21)17-9-10-33(31,32)14-17/h4-8,11-13,17H,3,9-10,14H2,1-2H3,(H,26,30). The van der Waals surface area contributed by atoms with Crippen LogP contribution in [0.1, 0.15) is 35.4 Å². The first-order valence-corrected chi connectivity index (χ1v) is 12.7. The van der Waals surface area contributed by atoms with E-state index in [2.05, 4.69) is 15.5 Å². The van der Waals surface area contributed by atoms with Gasteiger partial charge in [0.1, 0.15) is 5.82 Å². The Morgan fingerprint density at radius 2 is 2.00 bits per heavy atom. The number of fused-ring (bicyclic) bond motifs is 1. The molecule has 1 atom stereocenters. The van der Waals surface area contributed by atoms with Crippen molar-refractivity contribution in [2.75, 3.05) is 16.8 Å². The zero-order chi connectivity index (χ0) is 23.2. The lowest BCUT2D eigenvalue weighted by atomic mass is 10.1. The van der Waals surface area contributed by atoms with Gasteiger partial charge in [0.25, 0.3) is 5.91 Å².